The lowest BCUT2D eigenvalue weighted by Gasteiger charge is -2.21. The van der Waals surface area contributed by atoms with Crippen molar-refractivity contribution in [2.75, 3.05) is 33.3 Å². The monoisotopic (exact) mass is 433 g/mol. The van der Waals surface area contributed by atoms with Crippen molar-refractivity contribution in [2.45, 2.75) is 40.3 Å². The molecule has 0 aliphatic rings. The second-order valence-corrected chi connectivity index (χ2v) is 7.66. The number of methoxy groups -OCH3 is 1. The van der Waals surface area contributed by atoms with Gasteiger partial charge >= 0.3 is 0 Å². The molecule has 30 heavy (non-hydrogen) atoms. The molecule has 0 atom stereocenters. The number of ether oxygens (including phenoxy) is 1. The molecule has 0 aliphatic carbocycles. The molecule has 0 fully saturated rings. The third-order valence-electron chi connectivity index (χ3n) is 5.26. The van der Waals surface area contributed by atoms with Gasteiger partial charge < -0.3 is 19.5 Å². The molecule has 0 saturated heterocycles. The third kappa shape index (κ3) is 6.42. The highest BCUT2D eigenvalue weighted by atomic mass is 35.5. The van der Waals surface area contributed by atoms with Gasteiger partial charge in [0.15, 0.2) is 5.43 Å². The van der Waals surface area contributed by atoms with E-state index in [0.29, 0.717) is 23.8 Å². The number of nitrogens with one attached hydrogen (secondary N) is 1. The van der Waals surface area contributed by atoms with Crippen LogP contribution in [0.1, 0.15) is 41.2 Å². The summed E-state index contributed by atoms with van der Waals surface area (Å²) >= 11 is 6.09. The maximum Gasteiger partial charge on any atom is 0.257 e. The van der Waals surface area contributed by atoms with Crippen LogP contribution in [0.4, 0.5) is 0 Å². The van der Waals surface area contributed by atoms with E-state index in [1.807, 2.05) is 35.8 Å². The second-order valence-electron chi connectivity index (χ2n) is 7.22. The molecule has 2 aromatic rings. The highest BCUT2D eigenvalue weighted by Crippen LogP contribution is 2.15. The predicted molar refractivity (Wildman–Crippen MR) is 121 cm³/mol. The van der Waals surface area contributed by atoms with E-state index in [-0.39, 0.29) is 23.5 Å². The number of aryl methyl sites for hydroxylation is 2. The van der Waals surface area contributed by atoms with Crippen LogP contribution < -0.4 is 10.7 Å². The first-order valence-electron chi connectivity index (χ1n) is 10.4. The maximum atomic E-state index is 12.9. The first kappa shape index (κ1) is 24.1. The highest BCUT2D eigenvalue weighted by molar-refractivity contribution is 6.30. The third-order valence-corrected chi connectivity index (χ3v) is 5.49. The van der Waals surface area contributed by atoms with Crippen LogP contribution in [-0.2, 0) is 24.3 Å². The summed E-state index contributed by atoms with van der Waals surface area (Å²) in [5.41, 5.74) is 2.37. The van der Waals surface area contributed by atoms with Crippen LogP contribution in [-0.4, -0.2) is 48.7 Å². The summed E-state index contributed by atoms with van der Waals surface area (Å²) in [5, 5.41) is 3.59. The van der Waals surface area contributed by atoms with E-state index in [1.165, 1.54) is 6.07 Å². The van der Waals surface area contributed by atoms with Crippen molar-refractivity contribution >= 4 is 17.5 Å². The minimum Gasteiger partial charge on any atom is -0.378 e. The van der Waals surface area contributed by atoms with Gasteiger partial charge in [-0.25, -0.2) is 0 Å². The Balaban J connectivity index is 2.27. The van der Waals surface area contributed by atoms with Gasteiger partial charge in [-0.1, -0.05) is 37.6 Å². The zero-order valence-corrected chi connectivity index (χ0v) is 19.1. The average Bonchev–Trinajstić information content (AvgIpc) is 2.71. The number of hydrogen-bond donors (Lipinski definition) is 1. The van der Waals surface area contributed by atoms with Crippen LogP contribution in [0.5, 0.6) is 0 Å². The molecule has 6 nitrogen and oxygen atoms in total. The normalized spacial score (nSPS) is 11.1. The predicted octanol–water partition coefficient (Wildman–Crippen LogP) is 3.27. The summed E-state index contributed by atoms with van der Waals surface area (Å²) in [6, 6.07) is 9.22. The standard InChI is InChI=1S/C23H32ClN3O3/c1-5-26(6-2)13-11-25-23(29)22-20(16-30-4)27(17(3)14-21(22)28)12-10-18-8-7-9-19(24)15-18/h7-9,14-15H,5-6,10-13,16H2,1-4H3,(H,25,29). The van der Waals surface area contributed by atoms with E-state index < -0.39 is 0 Å². The Hall–Kier alpha value is -2.15. The van der Waals surface area contributed by atoms with Crippen molar-refractivity contribution in [1.82, 2.24) is 14.8 Å². The molecule has 164 valence electrons. The number of halogens is 1. The topological polar surface area (TPSA) is 63.6 Å². The summed E-state index contributed by atoms with van der Waals surface area (Å²) < 4.78 is 7.34. The lowest BCUT2D eigenvalue weighted by atomic mass is 10.1. The molecule has 1 N–H and O–H groups in total. The fraction of sp³-hybridized carbons (Fsp3) is 0.478. The summed E-state index contributed by atoms with van der Waals surface area (Å²) in [7, 11) is 1.57. The Morgan fingerprint density at radius 1 is 1.23 bits per heavy atom. The van der Waals surface area contributed by atoms with Crippen LogP contribution in [0.25, 0.3) is 0 Å². The Kier molecular flexibility index (Phi) is 9.56. The Bertz CT molecular complexity index is 907. The lowest BCUT2D eigenvalue weighted by molar-refractivity contribution is 0.0940. The van der Waals surface area contributed by atoms with Crippen molar-refractivity contribution in [3.8, 4) is 0 Å². The Morgan fingerprint density at radius 2 is 1.97 bits per heavy atom. The van der Waals surface area contributed by atoms with E-state index >= 15 is 0 Å². The van der Waals surface area contributed by atoms with Gasteiger partial charge in [-0.15, -0.1) is 0 Å². The molecule has 1 amide bonds. The number of rotatable bonds is 11. The minimum absolute atomic E-state index is 0.160. The molecule has 2 rings (SSSR count). The van der Waals surface area contributed by atoms with E-state index in [9.17, 15) is 9.59 Å². The fourth-order valence-electron chi connectivity index (χ4n) is 3.56. The number of aromatic nitrogens is 1. The summed E-state index contributed by atoms with van der Waals surface area (Å²) in [6.45, 7) is 9.91. The number of benzene rings is 1. The van der Waals surface area contributed by atoms with Gasteiger partial charge in [0, 0.05) is 43.5 Å². The number of carbonyl (C=O) groups is 1. The molecule has 1 aromatic carbocycles. The van der Waals surface area contributed by atoms with Gasteiger partial charge in [-0.3, -0.25) is 9.59 Å². The molecular formula is C23H32ClN3O3. The van der Waals surface area contributed by atoms with Gasteiger partial charge in [-0.2, -0.15) is 0 Å². The number of amides is 1. The Morgan fingerprint density at radius 3 is 2.60 bits per heavy atom. The maximum absolute atomic E-state index is 12.9. The molecule has 0 aliphatic heterocycles. The van der Waals surface area contributed by atoms with E-state index in [4.69, 9.17) is 16.3 Å². The smallest absolute Gasteiger partial charge is 0.257 e. The molecule has 0 saturated carbocycles. The van der Waals surface area contributed by atoms with Crippen LogP contribution in [0, 0.1) is 6.92 Å². The lowest BCUT2D eigenvalue weighted by Crippen LogP contribution is -2.38. The van der Waals surface area contributed by atoms with Crippen molar-refractivity contribution in [1.29, 1.82) is 0 Å². The van der Waals surface area contributed by atoms with Gasteiger partial charge in [0.05, 0.1) is 12.3 Å². The van der Waals surface area contributed by atoms with Crippen LogP contribution in [0.3, 0.4) is 0 Å². The molecule has 0 radical (unpaired) electrons. The largest absolute Gasteiger partial charge is 0.378 e. The second kappa shape index (κ2) is 11.9. The van der Waals surface area contributed by atoms with E-state index in [2.05, 4.69) is 24.1 Å². The molecule has 1 heterocycles. The van der Waals surface area contributed by atoms with Crippen LogP contribution >= 0.6 is 11.6 Å². The number of hydrogen-bond acceptors (Lipinski definition) is 4. The fourth-order valence-corrected chi connectivity index (χ4v) is 3.77. The summed E-state index contributed by atoms with van der Waals surface area (Å²) in [4.78, 5) is 27.8. The van der Waals surface area contributed by atoms with E-state index in [1.54, 1.807) is 7.11 Å². The molecule has 1 aromatic heterocycles. The van der Waals surface area contributed by atoms with Gasteiger partial charge in [0.2, 0.25) is 0 Å². The molecular weight excluding hydrogens is 402 g/mol. The number of pyridine rings is 1. The first-order valence-corrected chi connectivity index (χ1v) is 10.8. The average molecular weight is 434 g/mol. The molecule has 0 spiro atoms. The summed E-state index contributed by atoms with van der Waals surface area (Å²) in [5.74, 6) is -0.351. The van der Waals surface area contributed by atoms with Crippen molar-refractivity contribution in [3.05, 3.63) is 68.1 Å². The SMILES string of the molecule is CCN(CC)CCNC(=O)c1c(COC)n(CCc2cccc(Cl)c2)c(C)cc1=O. The minimum atomic E-state index is -0.351. The zero-order chi connectivity index (χ0) is 22.1. The first-order chi connectivity index (χ1) is 14.4. The molecule has 0 unspecified atom stereocenters. The Labute approximate surface area is 183 Å². The van der Waals surface area contributed by atoms with Crippen LogP contribution in [0.15, 0.2) is 35.1 Å². The highest BCUT2D eigenvalue weighted by Gasteiger charge is 2.20. The summed E-state index contributed by atoms with van der Waals surface area (Å²) in [6.07, 6.45) is 0.726. The van der Waals surface area contributed by atoms with Gasteiger partial charge in [-0.05, 0) is 44.1 Å². The van der Waals surface area contributed by atoms with Crippen LogP contribution in [0.2, 0.25) is 5.02 Å². The van der Waals surface area contributed by atoms with Crippen molar-refractivity contribution < 1.29 is 9.53 Å². The molecule has 7 heteroatoms. The number of nitrogens with zero attached hydrogens (tertiary/aromatic N) is 2. The van der Waals surface area contributed by atoms with E-state index in [0.717, 1.165) is 37.3 Å². The van der Waals surface area contributed by atoms with Gasteiger partial charge in [0.25, 0.3) is 5.91 Å². The van der Waals surface area contributed by atoms with Crippen molar-refractivity contribution in [2.24, 2.45) is 0 Å². The van der Waals surface area contributed by atoms with Crippen molar-refractivity contribution in [3.63, 3.8) is 0 Å². The van der Waals surface area contributed by atoms with Gasteiger partial charge in [0.1, 0.15) is 5.56 Å². The molecule has 0 bridgehead atoms. The quantitative estimate of drug-likeness (QED) is 0.590. The number of carbonyl (C=O) groups excluding carboxylic acids is 1. The zero-order valence-electron chi connectivity index (χ0n) is 18.3. The number of likely N-dealkylation sites (N-methyl/N-ethyl adjacent to an activating group) is 1.